The van der Waals surface area contributed by atoms with E-state index >= 15 is 0 Å². The van der Waals surface area contributed by atoms with E-state index in [0.717, 1.165) is 12.8 Å². The SMILES string of the molecule is CCC1NC(c2cccc(C)c2)N(C(C)CC(C)C)C1=O. The summed E-state index contributed by atoms with van der Waals surface area (Å²) in [6.07, 6.45) is 1.88. The van der Waals surface area contributed by atoms with Crippen LogP contribution in [0.25, 0.3) is 0 Å². The van der Waals surface area contributed by atoms with E-state index < -0.39 is 0 Å². The van der Waals surface area contributed by atoms with Crippen molar-refractivity contribution in [1.82, 2.24) is 10.2 Å². The highest BCUT2D eigenvalue weighted by molar-refractivity contribution is 5.84. The van der Waals surface area contributed by atoms with E-state index in [1.54, 1.807) is 0 Å². The fourth-order valence-electron chi connectivity index (χ4n) is 3.31. The van der Waals surface area contributed by atoms with Gasteiger partial charge in [0.15, 0.2) is 0 Å². The average Bonchev–Trinajstić information content (AvgIpc) is 2.75. The summed E-state index contributed by atoms with van der Waals surface area (Å²) in [5, 5.41) is 3.51. The molecule has 1 amide bonds. The molecule has 1 N–H and O–H groups in total. The van der Waals surface area contributed by atoms with E-state index in [1.165, 1.54) is 11.1 Å². The van der Waals surface area contributed by atoms with E-state index in [4.69, 9.17) is 0 Å². The van der Waals surface area contributed by atoms with Crippen LogP contribution in [0.1, 0.15) is 57.8 Å². The van der Waals surface area contributed by atoms with Crippen LogP contribution < -0.4 is 5.32 Å². The number of amides is 1. The van der Waals surface area contributed by atoms with Gasteiger partial charge in [-0.3, -0.25) is 10.1 Å². The van der Waals surface area contributed by atoms with Crippen LogP contribution >= 0.6 is 0 Å². The van der Waals surface area contributed by atoms with E-state index in [-0.39, 0.29) is 24.2 Å². The summed E-state index contributed by atoms with van der Waals surface area (Å²) in [6.45, 7) is 10.8. The van der Waals surface area contributed by atoms with Crippen molar-refractivity contribution < 1.29 is 4.79 Å². The van der Waals surface area contributed by atoms with Crippen LogP contribution in [-0.2, 0) is 4.79 Å². The molecule has 1 fully saturated rings. The molecule has 0 radical (unpaired) electrons. The Morgan fingerprint density at radius 2 is 2.00 bits per heavy atom. The highest BCUT2D eigenvalue weighted by atomic mass is 16.2. The molecule has 3 heteroatoms. The molecule has 1 heterocycles. The monoisotopic (exact) mass is 288 g/mol. The van der Waals surface area contributed by atoms with Gasteiger partial charge < -0.3 is 4.90 Å². The second kappa shape index (κ2) is 6.61. The molecule has 1 aliphatic heterocycles. The molecular formula is C18H28N2O. The molecule has 0 aliphatic carbocycles. The molecule has 0 spiro atoms. The summed E-state index contributed by atoms with van der Waals surface area (Å²) >= 11 is 0. The third-order valence-electron chi connectivity index (χ3n) is 4.24. The van der Waals surface area contributed by atoms with Crippen LogP contribution in [0.2, 0.25) is 0 Å². The maximum atomic E-state index is 12.7. The van der Waals surface area contributed by atoms with Gasteiger partial charge in [0.1, 0.15) is 6.17 Å². The smallest absolute Gasteiger partial charge is 0.241 e. The molecule has 2 rings (SSSR count). The van der Waals surface area contributed by atoms with Crippen LogP contribution in [0, 0.1) is 12.8 Å². The van der Waals surface area contributed by atoms with Gasteiger partial charge in [-0.2, -0.15) is 0 Å². The lowest BCUT2D eigenvalue weighted by atomic mass is 10.0. The van der Waals surface area contributed by atoms with Crippen LogP contribution in [0.5, 0.6) is 0 Å². The first-order valence-corrected chi connectivity index (χ1v) is 8.08. The standard InChI is InChI=1S/C18H28N2O/c1-6-16-18(21)20(14(5)10-12(2)3)17(19-16)15-9-7-8-13(4)11-15/h7-9,11-12,14,16-17,19H,6,10H2,1-5H3. The van der Waals surface area contributed by atoms with Crippen molar-refractivity contribution in [2.45, 2.75) is 65.7 Å². The largest absolute Gasteiger partial charge is 0.319 e. The van der Waals surface area contributed by atoms with Crippen LogP contribution in [-0.4, -0.2) is 22.9 Å². The number of rotatable bonds is 5. The van der Waals surface area contributed by atoms with Crippen molar-refractivity contribution in [3.8, 4) is 0 Å². The van der Waals surface area contributed by atoms with Gasteiger partial charge in [-0.15, -0.1) is 0 Å². The Hall–Kier alpha value is -1.35. The molecule has 21 heavy (non-hydrogen) atoms. The van der Waals surface area contributed by atoms with Gasteiger partial charge in [-0.25, -0.2) is 0 Å². The third-order valence-corrected chi connectivity index (χ3v) is 4.24. The number of hydrogen-bond donors (Lipinski definition) is 1. The summed E-state index contributed by atoms with van der Waals surface area (Å²) in [4.78, 5) is 14.8. The molecule has 1 aliphatic rings. The Labute approximate surface area is 128 Å². The second-order valence-electron chi connectivity index (χ2n) is 6.67. The Balaban J connectivity index is 2.30. The zero-order valence-corrected chi connectivity index (χ0v) is 13.9. The summed E-state index contributed by atoms with van der Waals surface area (Å²) in [5.41, 5.74) is 2.42. The topological polar surface area (TPSA) is 32.3 Å². The Kier molecular flexibility index (Phi) is 5.04. The minimum atomic E-state index is -0.0508. The quantitative estimate of drug-likeness (QED) is 0.897. The molecule has 3 atom stereocenters. The van der Waals surface area contributed by atoms with Crippen molar-refractivity contribution in [3.63, 3.8) is 0 Å². The van der Waals surface area contributed by atoms with Crippen LogP contribution in [0.15, 0.2) is 24.3 Å². The third kappa shape index (κ3) is 3.46. The summed E-state index contributed by atoms with van der Waals surface area (Å²) in [5.74, 6) is 0.837. The predicted molar refractivity (Wildman–Crippen MR) is 86.9 cm³/mol. The predicted octanol–water partition coefficient (Wildman–Crippen LogP) is 3.64. The van der Waals surface area contributed by atoms with Gasteiger partial charge >= 0.3 is 0 Å². The first-order valence-electron chi connectivity index (χ1n) is 8.08. The number of aryl methyl sites for hydroxylation is 1. The highest BCUT2D eigenvalue weighted by Crippen LogP contribution is 2.30. The summed E-state index contributed by atoms with van der Waals surface area (Å²) in [6, 6.07) is 8.67. The van der Waals surface area contributed by atoms with Crippen molar-refractivity contribution >= 4 is 5.91 Å². The zero-order valence-electron chi connectivity index (χ0n) is 13.9. The van der Waals surface area contributed by atoms with Crippen LogP contribution in [0.3, 0.4) is 0 Å². The Morgan fingerprint density at radius 1 is 1.29 bits per heavy atom. The Morgan fingerprint density at radius 3 is 2.57 bits per heavy atom. The molecular weight excluding hydrogens is 260 g/mol. The average molecular weight is 288 g/mol. The number of benzene rings is 1. The van der Waals surface area contributed by atoms with Crippen molar-refractivity contribution in [2.24, 2.45) is 5.92 Å². The lowest BCUT2D eigenvalue weighted by Crippen LogP contribution is -2.39. The minimum absolute atomic E-state index is 0.0103. The Bertz CT molecular complexity index is 498. The first-order chi connectivity index (χ1) is 9.93. The molecule has 3 unspecified atom stereocenters. The molecule has 0 aromatic heterocycles. The molecule has 1 aromatic carbocycles. The molecule has 3 nitrogen and oxygen atoms in total. The van der Waals surface area contributed by atoms with E-state index in [0.29, 0.717) is 5.92 Å². The molecule has 1 aromatic rings. The van der Waals surface area contributed by atoms with E-state index in [2.05, 4.69) is 69.1 Å². The maximum absolute atomic E-state index is 12.7. The van der Waals surface area contributed by atoms with E-state index in [1.807, 2.05) is 0 Å². The summed E-state index contributed by atoms with van der Waals surface area (Å²) < 4.78 is 0. The fourth-order valence-corrected chi connectivity index (χ4v) is 3.31. The van der Waals surface area contributed by atoms with Crippen molar-refractivity contribution in [2.75, 3.05) is 0 Å². The second-order valence-corrected chi connectivity index (χ2v) is 6.67. The molecule has 0 bridgehead atoms. The van der Waals surface area contributed by atoms with Gasteiger partial charge in [-0.1, -0.05) is 50.6 Å². The summed E-state index contributed by atoms with van der Waals surface area (Å²) in [7, 11) is 0. The van der Waals surface area contributed by atoms with Gasteiger partial charge in [0.05, 0.1) is 6.04 Å². The first kappa shape index (κ1) is 16.0. The minimum Gasteiger partial charge on any atom is -0.319 e. The normalized spacial score (nSPS) is 23.9. The van der Waals surface area contributed by atoms with Crippen molar-refractivity contribution in [3.05, 3.63) is 35.4 Å². The number of hydrogen-bond acceptors (Lipinski definition) is 2. The van der Waals surface area contributed by atoms with Gasteiger partial charge in [-0.05, 0) is 38.2 Å². The van der Waals surface area contributed by atoms with Gasteiger partial charge in [0, 0.05) is 6.04 Å². The number of nitrogens with zero attached hydrogens (tertiary/aromatic N) is 1. The number of carbonyl (C=O) groups excluding carboxylic acids is 1. The zero-order chi connectivity index (χ0) is 15.6. The van der Waals surface area contributed by atoms with Gasteiger partial charge in [0.2, 0.25) is 5.91 Å². The van der Waals surface area contributed by atoms with Crippen LogP contribution in [0.4, 0.5) is 0 Å². The molecule has 0 saturated carbocycles. The van der Waals surface area contributed by atoms with E-state index in [9.17, 15) is 4.79 Å². The lowest BCUT2D eigenvalue weighted by molar-refractivity contribution is -0.132. The number of carbonyl (C=O) groups is 1. The fraction of sp³-hybridized carbons (Fsp3) is 0.611. The molecule has 1 saturated heterocycles. The maximum Gasteiger partial charge on any atom is 0.241 e. The van der Waals surface area contributed by atoms with Gasteiger partial charge in [0.25, 0.3) is 0 Å². The number of nitrogens with one attached hydrogen (secondary N) is 1. The highest BCUT2D eigenvalue weighted by Gasteiger charge is 2.40. The molecule has 116 valence electrons. The van der Waals surface area contributed by atoms with Crippen molar-refractivity contribution in [1.29, 1.82) is 0 Å². The lowest BCUT2D eigenvalue weighted by Gasteiger charge is -2.32.